The summed E-state index contributed by atoms with van der Waals surface area (Å²) in [6.07, 6.45) is 1.15. The third-order valence-corrected chi connectivity index (χ3v) is 5.07. The van der Waals surface area contributed by atoms with Crippen LogP contribution in [0.5, 0.6) is 0 Å². The Morgan fingerprint density at radius 3 is 2.37 bits per heavy atom. The summed E-state index contributed by atoms with van der Waals surface area (Å²) in [5, 5.41) is 3.62. The maximum atomic E-state index is 3.68. The molecule has 3 heteroatoms. The van der Waals surface area contributed by atoms with Crippen LogP contribution in [0.25, 0.3) is 0 Å². The molecule has 0 aliphatic heterocycles. The highest BCUT2D eigenvalue weighted by Gasteiger charge is 2.25. The van der Waals surface area contributed by atoms with Crippen LogP contribution in [0.1, 0.15) is 52.6 Å². The maximum Gasteiger partial charge on any atom is 0.0334 e. The van der Waals surface area contributed by atoms with Crippen LogP contribution in [-0.4, -0.2) is 6.54 Å². The summed E-state index contributed by atoms with van der Waals surface area (Å²) in [4.78, 5) is 0. The summed E-state index contributed by atoms with van der Waals surface area (Å²) in [5.74, 6) is 0.655. The molecule has 0 amide bonds. The molecule has 0 heterocycles. The van der Waals surface area contributed by atoms with Gasteiger partial charge >= 0.3 is 0 Å². The SMILES string of the molecule is CCNC(CC(C)C(C)(C)C)c1cc(Br)ccc1Br. The minimum absolute atomic E-state index is 0.339. The van der Waals surface area contributed by atoms with Crippen molar-refractivity contribution in [2.45, 2.75) is 47.1 Å². The van der Waals surface area contributed by atoms with E-state index in [1.54, 1.807) is 0 Å². The van der Waals surface area contributed by atoms with Crippen LogP contribution >= 0.6 is 31.9 Å². The molecule has 0 saturated heterocycles. The summed E-state index contributed by atoms with van der Waals surface area (Å²) in [5.41, 5.74) is 1.68. The van der Waals surface area contributed by atoms with Gasteiger partial charge in [0, 0.05) is 15.0 Å². The predicted molar refractivity (Wildman–Crippen MR) is 91.5 cm³/mol. The molecule has 108 valence electrons. The van der Waals surface area contributed by atoms with Crippen molar-refractivity contribution in [1.82, 2.24) is 5.32 Å². The third-order valence-electron chi connectivity index (χ3n) is 3.85. The molecule has 1 nitrogen and oxygen atoms in total. The lowest BCUT2D eigenvalue weighted by atomic mass is 9.77. The van der Waals surface area contributed by atoms with Crippen molar-refractivity contribution in [3.05, 3.63) is 32.7 Å². The average Bonchev–Trinajstić information content (AvgIpc) is 2.30. The van der Waals surface area contributed by atoms with Crippen LogP contribution in [0.15, 0.2) is 27.1 Å². The highest BCUT2D eigenvalue weighted by molar-refractivity contribution is 9.11. The van der Waals surface area contributed by atoms with E-state index in [1.165, 1.54) is 10.0 Å². The second kappa shape index (κ2) is 7.24. The lowest BCUT2D eigenvalue weighted by Crippen LogP contribution is -2.27. The van der Waals surface area contributed by atoms with E-state index in [0.29, 0.717) is 17.4 Å². The molecule has 0 spiro atoms. The van der Waals surface area contributed by atoms with Crippen molar-refractivity contribution < 1.29 is 0 Å². The van der Waals surface area contributed by atoms with E-state index in [0.717, 1.165) is 17.4 Å². The molecule has 0 bridgehead atoms. The largest absolute Gasteiger partial charge is 0.310 e. The van der Waals surface area contributed by atoms with Crippen LogP contribution in [0.3, 0.4) is 0 Å². The molecular formula is C16H25Br2N. The Kier molecular flexibility index (Phi) is 6.55. The van der Waals surface area contributed by atoms with Gasteiger partial charge in [-0.3, -0.25) is 0 Å². The first-order valence-electron chi connectivity index (χ1n) is 6.94. The zero-order valence-electron chi connectivity index (χ0n) is 12.6. The Morgan fingerprint density at radius 1 is 1.21 bits per heavy atom. The monoisotopic (exact) mass is 389 g/mol. The van der Waals surface area contributed by atoms with E-state index >= 15 is 0 Å². The van der Waals surface area contributed by atoms with Gasteiger partial charge in [0.2, 0.25) is 0 Å². The summed E-state index contributed by atoms with van der Waals surface area (Å²) in [7, 11) is 0. The van der Waals surface area contributed by atoms with E-state index in [1.807, 2.05) is 0 Å². The second-order valence-electron chi connectivity index (χ2n) is 6.28. The van der Waals surface area contributed by atoms with Crippen LogP contribution in [0.2, 0.25) is 0 Å². The van der Waals surface area contributed by atoms with Gasteiger partial charge in [0.25, 0.3) is 0 Å². The number of hydrogen-bond donors (Lipinski definition) is 1. The van der Waals surface area contributed by atoms with Gasteiger partial charge in [-0.2, -0.15) is 0 Å². The lowest BCUT2D eigenvalue weighted by Gasteiger charge is -2.31. The fourth-order valence-corrected chi connectivity index (χ4v) is 2.96. The van der Waals surface area contributed by atoms with Crippen LogP contribution < -0.4 is 5.32 Å². The average molecular weight is 391 g/mol. The Morgan fingerprint density at radius 2 is 1.84 bits per heavy atom. The molecule has 0 fully saturated rings. The van der Waals surface area contributed by atoms with Gasteiger partial charge < -0.3 is 5.32 Å². The van der Waals surface area contributed by atoms with Gasteiger partial charge in [0.15, 0.2) is 0 Å². The summed E-state index contributed by atoms with van der Waals surface area (Å²) in [6.45, 7) is 12.4. The van der Waals surface area contributed by atoms with E-state index in [2.05, 4.69) is 90.0 Å². The van der Waals surface area contributed by atoms with Gasteiger partial charge in [0.05, 0.1) is 0 Å². The molecular weight excluding hydrogens is 366 g/mol. The Hall–Kier alpha value is 0.140. The van der Waals surface area contributed by atoms with E-state index < -0.39 is 0 Å². The van der Waals surface area contributed by atoms with Gasteiger partial charge in [-0.25, -0.2) is 0 Å². The fourth-order valence-electron chi connectivity index (χ4n) is 2.06. The molecule has 0 aliphatic carbocycles. The highest BCUT2D eigenvalue weighted by atomic mass is 79.9. The predicted octanol–water partition coefficient (Wildman–Crippen LogP) is 5.93. The number of benzene rings is 1. The van der Waals surface area contributed by atoms with E-state index in [9.17, 15) is 0 Å². The number of hydrogen-bond acceptors (Lipinski definition) is 1. The van der Waals surface area contributed by atoms with Crippen molar-refractivity contribution in [3.63, 3.8) is 0 Å². The minimum atomic E-state index is 0.339. The Labute approximate surface area is 134 Å². The van der Waals surface area contributed by atoms with Gasteiger partial charge in [-0.15, -0.1) is 0 Å². The topological polar surface area (TPSA) is 12.0 Å². The Bertz CT molecular complexity index is 410. The van der Waals surface area contributed by atoms with Crippen molar-refractivity contribution in [2.24, 2.45) is 11.3 Å². The molecule has 0 aromatic heterocycles. The third kappa shape index (κ3) is 5.20. The fraction of sp³-hybridized carbons (Fsp3) is 0.625. The van der Waals surface area contributed by atoms with Gasteiger partial charge in [-0.1, -0.05) is 66.5 Å². The second-order valence-corrected chi connectivity index (χ2v) is 8.05. The molecule has 0 saturated carbocycles. The zero-order chi connectivity index (χ0) is 14.6. The number of halogens is 2. The first-order chi connectivity index (χ1) is 8.75. The summed E-state index contributed by atoms with van der Waals surface area (Å²) < 4.78 is 2.32. The maximum absolute atomic E-state index is 3.68. The van der Waals surface area contributed by atoms with Crippen molar-refractivity contribution >= 4 is 31.9 Å². The highest BCUT2D eigenvalue weighted by Crippen LogP contribution is 2.36. The van der Waals surface area contributed by atoms with Crippen molar-refractivity contribution in [3.8, 4) is 0 Å². The summed E-state index contributed by atoms with van der Waals surface area (Å²) >= 11 is 7.25. The van der Waals surface area contributed by atoms with E-state index in [4.69, 9.17) is 0 Å². The zero-order valence-corrected chi connectivity index (χ0v) is 15.7. The minimum Gasteiger partial charge on any atom is -0.310 e. The van der Waals surface area contributed by atoms with Crippen LogP contribution in [0.4, 0.5) is 0 Å². The first kappa shape index (κ1) is 17.2. The molecule has 1 rings (SSSR count). The molecule has 1 N–H and O–H groups in total. The quantitative estimate of drug-likeness (QED) is 0.656. The summed E-state index contributed by atoms with van der Waals surface area (Å²) in [6, 6.07) is 6.80. The lowest BCUT2D eigenvalue weighted by molar-refractivity contribution is 0.223. The standard InChI is InChI=1S/C16H25Br2N/c1-6-19-15(9-11(2)16(3,4)5)13-10-12(17)7-8-14(13)18/h7-8,10-11,15,19H,6,9H2,1-5H3. The first-order valence-corrected chi connectivity index (χ1v) is 8.52. The molecule has 1 aromatic carbocycles. The number of nitrogens with one attached hydrogen (secondary N) is 1. The van der Waals surface area contributed by atoms with Crippen LogP contribution in [-0.2, 0) is 0 Å². The Balaban J connectivity index is 2.97. The van der Waals surface area contributed by atoms with Gasteiger partial charge in [0.1, 0.15) is 0 Å². The smallest absolute Gasteiger partial charge is 0.0334 e. The van der Waals surface area contributed by atoms with Crippen molar-refractivity contribution in [2.75, 3.05) is 6.54 Å². The van der Waals surface area contributed by atoms with E-state index in [-0.39, 0.29) is 0 Å². The molecule has 2 unspecified atom stereocenters. The molecule has 1 aromatic rings. The van der Waals surface area contributed by atoms with Crippen LogP contribution in [0, 0.1) is 11.3 Å². The van der Waals surface area contributed by atoms with Crippen molar-refractivity contribution in [1.29, 1.82) is 0 Å². The molecule has 0 radical (unpaired) electrons. The van der Waals surface area contributed by atoms with Gasteiger partial charge in [-0.05, 0) is 48.1 Å². The normalized spacial score (nSPS) is 15.3. The molecule has 19 heavy (non-hydrogen) atoms. The number of rotatable bonds is 5. The molecule has 2 atom stereocenters. The molecule has 0 aliphatic rings.